The monoisotopic (exact) mass is 471 g/mol. The number of likely N-dealkylation sites (tertiary alicyclic amines) is 1. The Morgan fingerprint density at radius 3 is 2.68 bits per heavy atom. The highest BCUT2D eigenvalue weighted by molar-refractivity contribution is 6.07. The van der Waals surface area contributed by atoms with Crippen molar-refractivity contribution in [2.45, 2.75) is 51.7 Å². The first-order valence-corrected chi connectivity index (χ1v) is 12.0. The zero-order chi connectivity index (χ0) is 24.3. The number of urea groups is 1. The summed E-state index contributed by atoms with van der Waals surface area (Å²) in [5.74, 6) is -0.633. The van der Waals surface area contributed by atoms with Gasteiger partial charge in [-0.25, -0.2) is 9.18 Å². The molecular weight excluding hydrogens is 437 g/mol. The van der Waals surface area contributed by atoms with Gasteiger partial charge in [0.25, 0.3) is 5.91 Å². The van der Waals surface area contributed by atoms with Crippen molar-refractivity contribution >= 4 is 11.9 Å². The van der Waals surface area contributed by atoms with E-state index in [-0.39, 0.29) is 37.2 Å². The average molecular weight is 472 g/mol. The van der Waals surface area contributed by atoms with Gasteiger partial charge >= 0.3 is 6.03 Å². The highest BCUT2D eigenvalue weighted by Crippen LogP contribution is 2.37. The van der Waals surface area contributed by atoms with Crippen LogP contribution in [-0.2, 0) is 29.0 Å². The third-order valence-corrected chi connectivity index (χ3v) is 7.14. The third-order valence-electron chi connectivity index (χ3n) is 7.14. The van der Waals surface area contributed by atoms with Crippen molar-refractivity contribution in [3.63, 3.8) is 0 Å². The molecule has 184 valence electrons. The van der Waals surface area contributed by atoms with Crippen LogP contribution in [0.3, 0.4) is 0 Å². The number of aromatic nitrogens is 2. The fourth-order valence-electron chi connectivity index (χ4n) is 5.24. The minimum atomic E-state index is -1.08. The number of carbonyl (C=O) groups excluding carboxylic acids is 2. The molecule has 2 fully saturated rings. The van der Waals surface area contributed by atoms with Crippen LogP contribution in [-0.4, -0.2) is 70.4 Å². The quantitative estimate of drug-likeness (QED) is 0.569. The average Bonchev–Trinajstić information content (AvgIpc) is 3.29. The van der Waals surface area contributed by atoms with Crippen LogP contribution in [0.15, 0.2) is 30.5 Å². The number of aryl methyl sites for hydroxylation is 2. The van der Waals surface area contributed by atoms with Gasteiger partial charge in [-0.3, -0.25) is 19.3 Å². The summed E-state index contributed by atoms with van der Waals surface area (Å²) < 4.78 is 21.0. The first-order chi connectivity index (χ1) is 16.4. The van der Waals surface area contributed by atoms with Crippen LogP contribution in [0.4, 0.5) is 9.18 Å². The van der Waals surface area contributed by atoms with Gasteiger partial charge in [0.05, 0.1) is 18.8 Å². The Balaban J connectivity index is 1.52. The van der Waals surface area contributed by atoms with Gasteiger partial charge in [0.15, 0.2) is 0 Å². The van der Waals surface area contributed by atoms with Gasteiger partial charge in [0, 0.05) is 38.4 Å². The molecule has 2 aliphatic heterocycles. The summed E-state index contributed by atoms with van der Waals surface area (Å²) in [6, 6.07) is 5.89. The lowest BCUT2D eigenvalue weighted by Gasteiger charge is -2.41. The number of piperidine rings is 1. The molecule has 1 unspecified atom stereocenters. The predicted octanol–water partition coefficient (Wildman–Crippen LogP) is 2.74. The lowest BCUT2D eigenvalue weighted by atomic mass is 9.74. The molecule has 1 aromatic carbocycles. The summed E-state index contributed by atoms with van der Waals surface area (Å²) in [5.41, 5.74) is 1.88. The topological polar surface area (TPSA) is 79.7 Å². The first-order valence-electron chi connectivity index (χ1n) is 12.0. The van der Waals surface area contributed by atoms with Crippen molar-refractivity contribution < 1.29 is 18.7 Å². The van der Waals surface area contributed by atoms with Crippen molar-refractivity contribution in [1.29, 1.82) is 0 Å². The molecular formula is C25H34FN5O3. The summed E-state index contributed by atoms with van der Waals surface area (Å²) in [5, 5.41) is 7.57. The van der Waals surface area contributed by atoms with E-state index in [1.54, 1.807) is 13.2 Å². The van der Waals surface area contributed by atoms with E-state index in [1.165, 1.54) is 22.6 Å². The molecule has 34 heavy (non-hydrogen) atoms. The number of ether oxygens (including phenoxy) is 1. The molecule has 0 saturated carbocycles. The molecule has 9 heteroatoms. The second kappa shape index (κ2) is 10.2. The van der Waals surface area contributed by atoms with E-state index in [9.17, 15) is 14.0 Å². The van der Waals surface area contributed by atoms with Crippen LogP contribution in [0.1, 0.15) is 36.6 Å². The van der Waals surface area contributed by atoms with Gasteiger partial charge in [-0.1, -0.05) is 12.1 Å². The fraction of sp³-hybridized carbons (Fsp3) is 0.560. The van der Waals surface area contributed by atoms with E-state index >= 15 is 0 Å². The maximum Gasteiger partial charge on any atom is 0.325 e. The van der Waals surface area contributed by atoms with E-state index in [4.69, 9.17) is 4.74 Å². The smallest absolute Gasteiger partial charge is 0.325 e. The van der Waals surface area contributed by atoms with Crippen LogP contribution in [0.2, 0.25) is 0 Å². The molecule has 8 nitrogen and oxygen atoms in total. The van der Waals surface area contributed by atoms with Gasteiger partial charge < -0.3 is 10.1 Å². The number of benzene rings is 1. The zero-order valence-corrected chi connectivity index (χ0v) is 20.2. The number of carbonyl (C=O) groups is 2. The first kappa shape index (κ1) is 24.3. The van der Waals surface area contributed by atoms with E-state index in [1.807, 2.05) is 17.7 Å². The lowest BCUT2D eigenvalue weighted by molar-refractivity contribution is -0.134. The van der Waals surface area contributed by atoms with Crippen molar-refractivity contribution in [3.05, 3.63) is 53.1 Å². The number of rotatable bonds is 9. The number of nitrogens with one attached hydrogen (secondary N) is 1. The Labute approximate surface area is 200 Å². The van der Waals surface area contributed by atoms with Gasteiger partial charge in [0.2, 0.25) is 0 Å². The Bertz CT molecular complexity index is 1030. The summed E-state index contributed by atoms with van der Waals surface area (Å²) in [4.78, 5) is 30.1. The second-order valence-corrected chi connectivity index (χ2v) is 9.30. The number of nitrogens with zero attached hydrogens (tertiary/aromatic N) is 4. The zero-order valence-electron chi connectivity index (χ0n) is 20.2. The Morgan fingerprint density at radius 1 is 1.26 bits per heavy atom. The van der Waals surface area contributed by atoms with Crippen LogP contribution in [0, 0.1) is 18.7 Å². The highest BCUT2D eigenvalue weighted by atomic mass is 19.1. The molecule has 1 atom stereocenters. The SMILES string of the molecule is CCn1cc(CN2CCC(C3(Cc4cccc(F)c4)NC(=O)N(CCOC)C3=O)CC2)c(C)n1. The van der Waals surface area contributed by atoms with E-state index in [2.05, 4.69) is 28.4 Å². The van der Waals surface area contributed by atoms with Crippen LogP contribution in [0.25, 0.3) is 0 Å². The van der Waals surface area contributed by atoms with Gasteiger partial charge in [0.1, 0.15) is 11.4 Å². The summed E-state index contributed by atoms with van der Waals surface area (Å²) >= 11 is 0. The number of imide groups is 1. The number of hydrogen-bond acceptors (Lipinski definition) is 5. The Kier molecular flexibility index (Phi) is 7.33. The van der Waals surface area contributed by atoms with Gasteiger partial charge in [-0.15, -0.1) is 0 Å². The molecule has 4 rings (SSSR count). The minimum Gasteiger partial charge on any atom is -0.383 e. The standard InChI is InChI=1S/C25H34FN5O3/c1-4-30-17-20(18(2)28-30)16-29-10-8-21(9-11-29)25(15-19-6-5-7-22(26)14-19)23(32)31(12-13-34-3)24(33)27-25/h5-7,14,17,21H,4,8-13,15-16H2,1-3H3,(H,27,33). The summed E-state index contributed by atoms with van der Waals surface area (Å²) in [6.07, 6.45) is 3.90. The Morgan fingerprint density at radius 2 is 2.03 bits per heavy atom. The Hall–Kier alpha value is -2.78. The number of amides is 3. The minimum absolute atomic E-state index is 0.0459. The molecule has 0 bridgehead atoms. The van der Waals surface area contributed by atoms with E-state index in [0.717, 1.165) is 44.7 Å². The maximum absolute atomic E-state index is 13.9. The second-order valence-electron chi connectivity index (χ2n) is 9.30. The molecule has 3 heterocycles. The maximum atomic E-state index is 13.9. The molecule has 0 spiro atoms. The largest absolute Gasteiger partial charge is 0.383 e. The molecule has 2 saturated heterocycles. The van der Waals surface area contributed by atoms with Crippen LogP contribution < -0.4 is 5.32 Å². The van der Waals surface area contributed by atoms with Gasteiger partial charge in [-0.2, -0.15) is 5.10 Å². The predicted molar refractivity (Wildman–Crippen MR) is 126 cm³/mol. The molecule has 3 amide bonds. The van der Waals surface area contributed by atoms with Crippen molar-refractivity contribution in [2.24, 2.45) is 5.92 Å². The molecule has 2 aromatic rings. The number of hydrogen-bond donors (Lipinski definition) is 1. The summed E-state index contributed by atoms with van der Waals surface area (Å²) in [7, 11) is 1.54. The van der Waals surface area contributed by atoms with Crippen LogP contribution in [0.5, 0.6) is 0 Å². The van der Waals surface area contributed by atoms with Crippen molar-refractivity contribution in [1.82, 2.24) is 24.9 Å². The molecule has 0 radical (unpaired) electrons. The molecule has 1 aromatic heterocycles. The van der Waals surface area contributed by atoms with Crippen molar-refractivity contribution in [3.8, 4) is 0 Å². The number of halogens is 1. The molecule has 0 aliphatic carbocycles. The van der Waals surface area contributed by atoms with E-state index < -0.39 is 11.6 Å². The summed E-state index contributed by atoms with van der Waals surface area (Å²) in [6.45, 7) is 7.86. The molecule has 1 N–H and O–H groups in total. The third kappa shape index (κ3) is 4.86. The molecule has 2 aliphatic rings. The van der Waals surface area contributed by atoms with Crippen molar-refractivity contribution in [2.75, 3.05) is 33.4 Å². The fourth-order valence-corrected chi connectivity index (χ4v) is 5.24. The van der Waals surface area contributed by atoms with Gasteiger partial charge in [-0.05, 0) is 63.4 Å². The lowest BCUT2D eigenvalue weighted by Crippen LogP contribution is -2.57. The number of methoxy groups -OCH3 is 1. The van der Waals surface area contributed by atoms with Crippen LogP contribution >= 0.6 is 0 Å². The highest BCUT2D eigenvalue weighted by Gasteiger charge is 2.55. The van der Waals surface area contributed by atoms with E-state index in [0.29, 0.717) is 5.56 Å². The normalized spacial score (nSPS) is 21.9.